The average Bonchev–Trinajstić information content (AvgIpc) is 2.57. The van der Waals surface area contributed by atoms with E-state index >= 15 is 0 Å². The fourth-order valence-electron chi connectivity index (χ4n) is 1.08. The zero-order valence-electron chi connectivity index (χ0n) is 9.44. The van der Waals surface area contributed by atoms with Gasteiger partial charge >= 0.3 is 6.18 Å². The number of rotatable bonds is 5. The van der Waals surface area contributed by atoms with Crippen LogP contribution in [0, 0.1) is 6.92 Å². The summed E-state index contributed by atoms with van der Waals surface area (Å²) in [5.41, 5.74) is 0.943. The maximum absolute atomic E-state index is 11.7. The number of halogens is 4. The Morgan fingerprint density at radius 3 is 2.72 bits per heavy atom. The van der Waals surface area contributed by atoms with Crippen molar-refractivity contribution >= 4 is 33.2 Å². The first-order valence-corrected chi connectivity index (χ1v) is 6.59. The van der Waals surface area contributed by atoms with Gasteiger partial charge in [-0.25, -0.2) is 0 Å². The summed E-state index contributed by atoms with van der Waals surface area (Å²) in [5.74, 6) is -0.315. The number of thiophene rings is 1. The highest BCUT2D eigenvalue weighted by Gasteiger charge is 2.27. The molecule has 1 N–H and O–H groups in total. The molecule has 1 aromatic rings. The lowest BCUT2D eigenvalue weighted by Crippen LogP contribution is -2.28. The maximum atomic E-state index is 11.7. The van der Waals surface area contributed by atoms with Crippen molar-refractivity contribution in [3.05, 3.63) is 20.3 Å². The Morgan fingerprint density at radius 2 is 2.22 bits per heavy atom. The van der Waals surface area contributed by atoms with Gasteiger partial charge in [0.1, 0.15) is 6.61 Å². The summed E-state index contributed by atoms with van der Waals surface area (Å²) in [5, 5.41) is 2.48. The van der Waals surface area contributed by atoms with Crippen LogP contribution in [0.25, 0.3) is 0 Å². The van der Waals surface area contributed by atoms with Gasteiger partial charge in [-0.1, -0.05) is 0 Å². The van der Waals surface area contributed by atoms with Crippen LogP contribution in [0.2, 0.25) is 0 Å². The third-order valence-corrected chi connectivity index (χ3v) is 4.01. The Morgan fingerprint density at radius 1 is 1.56 bits per heavy atom. The lowest BCUT2D eigenvalue weighted by molar-refractivity contribution is -0.173. The zero-order valence-corrected chi connectivity index (χ0v) is 11.8. The summed E-state index contributed by atoms with van der Waals surface area (Å²) in [6.45, 7) is 0.427. The molecule has 3 nitrogen and oxygen atoms in total. The molecule has 0 unspecified atom stereocenters. The second kappa shape index (κ2) is 6.53. The topological polar surface area (TPSA) is 38.3 Å². The van der Waals surface area contributed by atoms with Crippen molar-refractivity contribution in [3.8, 4) is 0 Å². The van der Waals surface area contributed by atoms with E-state index in [-0.39, 0.29) is 19.1 Å². The van der Waals surface area contributed by atoms with Crippen molar-refractivity contribution in [2.45, 2.75) is 13.1 Å². The lowest BCUT2D eigenvalue weighted by Gasteiger charge is -2.07. The molecule has 0 aliphatic rings. The first-order chi connectivity index (χ1) is 8.29. The Bertz CT molecular complexity index is 400. The molecule has 1 heterocycles. The van der Waals surface area contributed by atoms with Crippen molar-refractivity contribution in [1.29, 1.82) is 0 Å². The molecule has 8 heteroatoms. The first-order valence-electron chi connectivity index (χ1n) is 4.98. The van der Waals surface area contributed by atoms with Crippen LogP contribution in [-0.2, 0) is 4.74 Å². The van der Waals surface area contributed by atoms with Crippen molar-refractivity contribution in [1.82, 2.24) is 5.32 Å². The van der Waals surface area contributed by atoms with E-state index in [0.717, 1.165) is 9.35 Å². The number of carbonyl (C=O) groups excluding carboxylic acids is 1. The number of ether oxygens (including phenoxy) is 1. The third-order valence-electron chi connectivity index (χ3n) is 1.88. The molecule has 102 valence electrons. The molecule has 0 saturated carbocycles. The highest BCUT2D eigenvalue weighted by molar-refractivity contribution is 9.11. The molecule has 0 bridgehead atoms. The van der Waals surface area contributed by atoms with Crippen LogP contribution in [0.4, 0.5) is 13.2 Å². The Balaban J connectivity index is 2.26. The van der Waals surface area contributed by atoms with E-state index in [1.807, 2.05) is 6.92 Å². The molecule has 0 aromatic carbocycles. The van der Waals surface area contributed by atoms with Crippen molar-refractivity contribution < 1.29 is 22.7 Å². The Labute approximate surface area is 114 Å². The molecule has 0 fully saturated rings. The maximum Gasteiger partial charge on any atom is 0.411 e. The number of amides is 1. The van der Waals surface area contributed by atoms with E-state index in [1.165, 1.54) is 11.3 Å². The molecule has 0 aliphatic heterocycles. The number of hydrogen-bond donors (Lipinski definition) is 1. The molecular weight excluding hydrogens is 335 g/mol. The molecular formula is C10H11BrF3NO2S. The van der Waals surface area contributed by atoms with Crippen LogP contribution in [0.3, 0.4) is 0 Å². The molecule has 18 heavy (non-hydrogen) atoms. The predicted molar refractivity (Wildman–Crippen MR) is 66.0 cm³/mol. The summed E-state index contributed by atoms with van der Waals surface area (Å²) < 4.78 is 40.4. The minimum Gasteiger partial charge on any atom is -0.370 e. The van der Waals surface area contributed by atoms with Gasteiger partial charge in [0.25, 0.3) is 5.91 Å². The van der Waals surface area contributed by atoms with E-state index < -0.39 is 12.8 Å². The number of nitrogens with one attached hydrogen (secondary N) is 1. The second-order valence-corrected chi connectivity index (χ2v) is 5.86. The van der Waals surface area contributed by atoms with Gasteiger partial charge < -0.3 is 10.1 Å². The largest absolute Gasteiger partial charge is 0.411 e. The summed E-state index contributed by atoms with van der Waals surface area (Å²) in [6, 6.07) is 1.71. The zero-order chi connectivity index (χ0) is 13.8. The van der Waals surface area contributed by atoms with Gasteiger partial charge in [-0.2, -0.15) is 13.2 Å². The van der Waals surface area contributed by atoms with Crippen LogP contribution in [0.15, 0.2) is 9.85 Å². The molecule has 1 aromatic heterocycles. The van der Waals surface area contributed by atoms with Crippen LogP contribution >= 0.6 is 27.3 Å². The average molecular weight is 346 g/mol. The first kappa shape index (κ1) is 15.5. The fraction of sp³-hybridized carbons (Fsp3) is 0.500. The van der Waals surface area contributed by atoms with Crippen molar-refractivity contribution in [3.63, 3.8) is 0 Å². The second-order valence-electron chi connectivity index (χ2n) is 3.49. The van der Waals surface area contributed by atoms with Gasteiger partial charge in [-0.3, -0.25) is 4.79 Å². The highest BCUT2D eigenvalue weighted by atomic mass is 79.9. The van der Waals surface area contributed by atoms with Crippen LogP contribution in [0.5, 0.6) is 0 Å². The molecule has 0 atom stereocenters. The van der Waals surface area contributed by atoms with Gasteiger partial charge in [-0.15, -0.1) is 11.3 Å². The number of aryl methyl sites for hydroxylation is 1. The monoisotopic (exact) mass is 345 g/mol. The number of carbonyl (C=O) groups is 1. The summed E-state index contributed by atoms with van der Waals surface area (Å²) in [6.07, 6.45) is -4.33. The summed E-state index contributed by atoms with van der Waals surface area (Å²) in [7, 11) is 0. The molecule has 0 spiro atoms. The quantitative estimate of drug-likeness (QED) is 0.832. The summed E-state index contributed by atoms with van der Waals surface area (Å²) in [4.78, 5) is 12.1. The van der Waals surface area contributed by atoms with Gasteiger partial charge in [0.15, 0.2) is 0 Å². The predicted octanol–water partition coefficient (Wildman–Crippen LogP) is 3.13. The normalized spacial score (nSPS) is 11.6. The molecule has 0 radical (unpaired) electrons. The lowest BCUT2D eigenvalue weighted by atomic mass is 10.3. The van der Waals surface area contributed by atoms with Crippen molar-refractivity contribution in [2.24, 2.45) is 0 Å². The fourth-order valence-corrected chi connectivity index (χ4v) is 2.53. The van der Waals surface area contributed by atoms with Crippen molar-refractivity contribution in [2.75, 3.05) is 19.8 Å². The third kappa shape index (κ3) is 5.36. The highest BCUT2D eigenvalue weighted by Crippen LogP contribution is 2.27. The van der Waals surface area contributed by atoms with Gasteiger partial charge in [-0.05, 0) is 34.5 Å². The van der Waals surface area contributed by atoms with Gasteiger partial charge in [0, 0.05) is 6.54 Å². The smallest absolute Gasteiger partial charge is 0.370 e. The summed E-state index contributed by atoms with van der Waals surface area (Å²) >= 11 is 4.56. The standard InChI is InChI=1S/C10H11BrF3NO2S/c1-6-4-7(18-8(6)11)9(16)15-2-3-17-5-10(12,13)14/h4H,2-3,5H2,1H3,(H,15,16). The van der Waals surface area contributed by atoms with E-state index in [1.54, 1.807) is 6.07 Å². The van der Waals surface area contributed by atoms with Crippen LogP contribution in [0.1, 0.15) is 15.2 Å². The minimum atomic E-state index is -4.33. The molecule has 0 saturated heterocycles. The Hall–Kier alpha value is -0.600. The minimum absolute atomic E-state index is 0.0451. The Kier molecular flexibility index (Phi) is 5.61. The molecule has 1 rings (SSSR count). The van der Waals surface area contributed by atoms with Crippen LogP contribution < -0.4 is 5.32 Å². The SMILES string of the molecule is Cc1cc(C(=O)NCCOCC(F)(F)F)sc1Br. The van der Waals surface area contributed by atoms with E-state index in [9.17, 15) is 18.0 Å². The van der Waals surface area contributed by atoms with Gasteiger partial charge in [0.05, 0.1) is 15.3 Å². The van der Waals surface area contributed by atoms with Gasteiger partial charge in [0.2, 0.25) is 0 Å². The van der Waals surface area contributed by atoms with E-state index in [4.69, 9.17) is 0 Å². The molecule has 1 amide bonds. The van der Waals surface area contributed by atoms with E-state index in [2.05, 4.69) is 26.0 Å². The van der Waals surface area contributed by atoms with Crippen LogP contribution in [-0.4, -0.2) is 31.8 Å². The number of alkyl halides is 3. The van der Waals surface area contributed by atoms with E-state index in [0.29, 0.717) is 4.88 Å². The molecule has 0 aliphatic carbocycles. The number of hydrogen-bond acceptors (Lipinski definition) is 3.